The minimum atomic E-state index is -0.162. The van der Waals surface area contributed by atoms with Crippen molar-refractivity contribution in [2.24, 2.45) is 0 Å². The number of hydrogen-bond donors (Lipinski definition) is 1. The zero-order valence-corrected chi connectivity index (χ0v) is 10.3. The standard InChI is InChI=1S/C13H16N2O3/c1-14(6-7-16)12(17)9-15-8-10-4-2-3-5-11(10)13(15)18/h2-5,16H,6-9H2,1H3. The molecule has 1 heterocycles. The molecule has 0 radical (unpaired) electrons. The van der Waals surface area contributed by atoms with Crippen molar-refractivity contribution in [2.75, 3.05) is 26.7 Å². The Bertz CT molecular complexity index is 473. The lowest BCUT2D eigenvalue weighted by Crippen LogP contribution is -2.39. The number of aliphatic hydroxyl groups excluding tert-OH is 1. The predicted octanol–water partition coefficient (Wildman–Crippen LogP) is 0.0931. The van der Waals surface area contributed by atoms with Crippen LogP contribution in [0.3, 0.4) is 0 Å². The van der Waals surface area contributed by atoms with E-state index in [1.165, 1.54) is 9.80 Å². The topological polar surface area (TPSA) is 60.9 Å². The fraction of sp³-hybridized carbons (Fsp3) is 0.385. The second-order valence-corrected chi connectivity index (χ2v) is 4.36. The van der Waals surface area contributed by atoms with E-state index in [0.717, 1.165) is 5.56 Å². The first-order chi connectivity index (χ1) is 8.63. The number of carbonyl (C=O) groups excluding carboxylic acids is 2. The molecule has 0 bridgehead atoms. The zero-order chi connectivity index (χ0) is 13.1. The van der Waals surface area contributed by atoms with E-state index in [1.807, 2.05) is 18.2 Å². The smallest absolute Gasteiger partial charge is 0.254 e. The molecular weight excluding hydrogens is 232 g/mol. The average Bonchev–Trinajstić information content (AvgIpc) is 2.67. The van der Waals surface area contributed by atoms with Crippen LogP contribution in [0.4, 0.5) is 0 Å². The number of likely N-dealkylation sites (N-methyl/N-ethyl adjacent to an activating group) is 1. The van der Waals surface area contributed by atoms with Crippen LogP contribution in [0.5, 0.6) is 0 Å². The Labute approximate surface area is 106 Å². The monoisotopic (exact) mass is 248 g/mol. The molecule has 18 heavy (non-hydrogen) atoms. The van der Waals surface area contributed by atoms with Crippen molar-refractivity contribution in [2.45, 2.75) is 6.54 Å². The normalized spacial score (nSPS) is 13.7. The zero-order valence-electron chi connectivity index (χ0n) is 10.3. The molecule has 2 amide bonds. The highest BCUT2D eigenvalue weighted by Crippen LogP contribution is 2.21. The third-order valence-electron chi connectivity index (χ3n) is 3.08. The Hall–Kier alpha value is -1.88. The highest BCUT2D eigenvalue weighted by atomic mass is 16.3. The summed E-state index contributed by atoms with van der Waals surface area (Å²) >= 11 is 0. The number of rotatable bonds is 4. The minimum absolute atomic E-state index is 0.0595. The van der Waals surface area contributed by atoms with Crippen LogP contribution in [-0.4, -0.2) is 53.5 Å². The number of benzene rings is 1. The van der Waals surface area contributed by atoms with Gasteiger partial charge in [0.15, 0.2) is 0 Å². The average molecular weight is 248 g/mol. The fourth-order valence-corrected chi connectivity index (χ4v) is 2.00. The lowest BCUT2D eigenvalue weighted by Gasteiger charge is -2.20. The summed E-state index contributed by atoms with van der Waals surface area (Å²) in [6.45, 7) is 0.752. The predicted molar refractivity (Wildman–Crippen MR) is 65.9 cm³/mol. The Morgan fingerprint density at radius 2 is 2.17 bits per heavy atom. The van der Waals surface area contributed by atoms with Crippen molar-refractivity contribution in [3.05, 3.63) is 35.4 Å². The molecule has 1 aliphatic rings. The molecule has 1 aromatic carbocycles. The van der Waals surface area contributed by atoms with Crippen LogP contribution in [0, 0.1) is 0 Å². The van der Waals surface area contributed by atoms with Crippen LogP contribution in [0.1, 0.15) is 15.9 Å². The van der Waals surface area contributed by atoms with Gasteiger partial charge >= 0.3 is 0 Å². The van der Waals surface area contributed by atoms with E-state index >= 15 is 0 Å². The van der Waals surface area contributed by atoms with Gasteiger partial charge in [0.05, 0.1) is 6.61 Å². The molecule has 96 valence electrons. The van der Waals surface area contributed by atoms with Crippen molar-refractivity contribution in [3.8, 4) is 0 Å². The Balaban J connectivity index is 2.02. The first kappa shape index (κ1) is 12.6. The first-order valence-corrected chi connectivity index (χ1v) is 5.85. The maximum atomic E-state index is 12.0. The van der Waals surface area contributed by atoms with Crippen molar-refractivity contribution in [1.82, 2.24) is 9.80 Å². The van der Waals surface area contributed by atoms with Crippen LogP contribution in [0.15, 0.2) is 24.3 Å². The van der Waals surface area contributed by atoms with Crippen molar-refractivity contribution < 1.29 is 14.7 Å². The van der Waals surface area contributed by atoms with Gasteiger partial charge in [-0.15, -0.1) is 0 Å². The summed E-state index contributed by atoms with van der Waals surface area (Å²) in [7, 11) is 1.62. The lowest BCUT2D eigenvalue weighted by atomic mass is 10.1. The Kier molecular flexibility index (Phi) is 3.62. The number of aliphatic hydroxyl groups is 1. The van der Waals surface area contributed by atoms with Crippen molar-refractivity contribution >= 4 is 11.8 Å². The van der Waals surface area contributed by atoms with Gasteiger partial charge < -0.3 is 14.9 Å². The van der Waals surface area contributed by atoms with Gasteiger partial charge in [-0.1, -0.05) is 18.2 Å². The van der Waals surface area contributed by atoms with Crippen LogP contribution in [0.25, 0.3) is 0 Å². The number of carbonyl (C=O) groups is 2. The largest absolute Gasteiger partial charge is 0.395 e. The van der Waals surface area contributed by atoms with Gasteiger partial charge in [0.1, 0.15) is 6.54 Å². The van der Waals surface area contributed by atoms with Gasteiger partial charge in [-0.2, -0.15) is 0 Å². The Morgan fingerprint density at radius 3 is 2.83 bits per heavy atom. The van der Waals surface area contributed by atoms with E-state index < -0.39 is 0 Å². The summed E-state index contributed by atoms with van der Waals surface area (Å²) in [5.41, 5.74) is 1.63. The third kappa shape index (κ3) is 2.36. The summed E-state index contributed by atoms with van der Waals surface area (Å²) in [4.78, 5) is 26.8. The summed E-state index contributed by atoms with van der Waals surface area (Å²) in [5, 5.41) is 8.77. The van der Waals surface area contributed by atoms with Gasteiger partial charge in [0, 0.05) is 25.7 Å². The summed E-state index contributed by atoms with van der Waals surface area (Å²) in [5.74, 6) is -0.262. The number of fused-ring (bicyclic) bond motifs is 1. The molecule has 0 unspecified atom stereocenters. The van der Waals surface area contributed by atoms with Crippen molar-refractivity contribution in [3.63, 3.8) is 0 Å². The van der Waals surface area contributed by atoms with Gasteiger partial charge in [0.25, 0.3) is 5.91 Å². The molecule has 1 aliphatic heterocycles. The van der Waals surface area contributed by atoms with E-state index in [9.17, 15) is 9.59 Å². The number of amides is 2. The summed E-state index contributed by atoms with van der Waals surface area (Å²) in [6, 6.07) is 7.38. The molecule has 0 spiro atoms. The molecular formula is C13H16N2O3. The van der Waals surface area contributed by atoms with Gasteiger partial charge in [0.2, 0.25) is 5.91 Å². The van der Waals surface area contributed by atoms with Crippen molar-refractivity contribution in [1.29, 1.82) is 0 Å². The lowest BCUT2D eigenvalue weighted by molar-refractivity contribution is -0.131. The van der Waals surface area contributed by atoms with E-state index in [2.05, 4.69) is 0 Å². The maximum Gasteiger partial charge on any atom is 0.254 e. The second kappa shape index (κ2) is 5.18. The second-order valence-electron chi connectivity index (χ2n) is 4.36. The van der Waals surface area contributed by atoms with Crippen LogP contribution >= 0.6 is 0 Å². The van der Waals surface area contributed by atoms with Gasteiger partial charge in [-0.25, -0.2) is 0 Å². The number of hydrogen-bond acceptors (Lipinski definition) is 3. The van der Waals surface area contributed by atoms with Crippen LogP contribution in [0.2, 0.25) is 0 Å². The minimum Gasteiger partial charge on any atom is -0.395 e. The SMILES string of the molecule is CN(CCO)C(=O)CN1Cc2ccccc2C1=O. The fourth-order valence-electron chi connectivity index (χ4n) is 2.00. The number of nitrogens with zero attached hydrogens (tertiary/aromatic N) is 2. The molecule has 1 aromatic rings. The third-order valence-corrected chi connectivity index (χ3v) is 3.08. The highest BCUT2D eigenvalue weighted by molar-refractivity contribution is 6.00. The van der Waals surface area contributed by atoms with Gasteiger partial charge in [-0.05, 0) is 11.6 Å². The molecule has 5 nitrogen and oxygen atoms in total. The molecule has 0 fully saturated rings. The molecule has 5 heteroatoms. The van der Waals surface area contributed by atoms with Crippen LogP contribution < -0.4 is 0 Å². The molecule has 1 N–H and O–H groups in total. The summed E-state index contributed by atoms with van der Waals surface area (Å²) in [6.07, 6.45) is 0. The first-order valence-electron chi connectivity index (χ1n) is 5.85. The molecule has 0 aromatic heterocycles. The molecule has 2 rings (SSSR count). The maximum absolute atomic E-state index is 12.0. The molecule has 0 atom stereocenters. The summed E-state index contributed by atoms with van der Waals surface area (Å²) < 4.78 is 0. The molecule has 0 aliphatic carbocycles. The quantitative estimate of drug-likeness (QED) is 0.821. The van der Waals surface area contributed by atoms with Crippen LogP contribution in [-0.2, 0) is 11.3 Å². The van der Waals surface area contributed by atoms with E-state index in [1.54, 1.807) is 13.1 Å². The van der Waals surface area contributed by atoms with E-state index in [-0.39, 0.29) is 31.5 Å². The Morgan fingerprint density at radius 1 is 1.44 bits per heavy atom. The van der Waals surface area contributed by atoms with E-state index in [4.69, 9.17) is 5.11 Å². The van der Waals surface area contributed by atoms with Gasteiger partial charge in [-0.3, -0.25) is 9.59 Å². The molecule has 0 saturated heterocycles. The highest BCUT2D eigenvalue weighted by Gasteiger charge is 2.28. The van der Waals surface area contributed by atoms with E-state index in [0.29, 0.717) is 12.1 Å². The molecule has 0 saturated carbocycles.